The van der Waals surface area contributed by atoms with Crippen LogP contribution in [0, 0.1) is 18.6 Å². The largest absolute Gasteiger partial charge is 0.497 e. The van der Waals surface area contributed by atoms with Crippen LogP contribution in [0.2, 0.25) is 0 Å². The summed E-state index contributed by atoms with van der Waals surface area (Å²) in [6.07, 6.45) is 0. The monoisotopic (exact) mass is 356 g/mol. The average molecular weight is 356 g/mol. The zero-order valence-corrected chi connectivity index (χ0v) is 14.2. The van der Waals surface area contributed by atoms with Crippen molar-refractivity contribution in [3.8, 4) is 22.9 Å². The van der Waals surface area contributed by atoms with Gasteiger partial charge in [0.05, 0.1) is 31.0 Å². The van der Waals surface area contributed by atoms with E-state index in [0.29, 0.717) is 28.1 Å². The van der Waals surface area contributed by atoms with Crippen LogP contribution in [-0.2, 0) is 0 Å². The summed E-state index contributed by atoms with van der Waals surface area (Å²) in [6.45, 7) is 1.73. The van der Waals surface area contributed by atoms with Crippen LogP contribution in [0.5, 0.6) is 11.5 Å². The molecule has 0 unspecified atom stereocenters. The van der Waals surface area contributed by atoms with E-state index in [0.717, 1.165) is 0 Å². The minimum Gasteiger partial charge on any atom is -0.497 e. The van der Waals surface area contributed by atoms with Crippen LogP contribution in [0.4, 0.5) is 8.78 Å². The van der Waals surface area contributed by atoms with Gasteiger partial charge in [0.2, 0.25) is 0 Å². The number of rotatable bonds is 3. The van der Waals surface area contributed by atoms with Crippen molar-refractivity contribution < 1.29 is 18.3 Å². The minimum absolute atomic E-state index is 0.213. The summed E-state index contributed by atoms with van der Waals surface area (Å²) in [5.74, 6) is 0.00301. The fourth-order valence-corrected chi connectivity index (χ4v) is 2.93. The molecular formula is C18H14F2N4O2. The summed E-state index contributed by atoms with van der Waals surface area (Å²) >= 11 is 0. The Kier molecular flexibility index (Phi) is 3.68. The van der Waals surface area contributed by atoms with E-state index in [1.807, 2.05) is 0 Å². The molecule has 0 saturated carbocycles. The number of aryl methyl sites for hydroxylation is 1. The van der Waals surface area contributed by atoms with Crippen molar-refractivity contribution in [1.29, 1.82) is 0 Å². The zero-order chi connectivity index (χ0) is 18.4. The van der Waals surface area contributed by atoms with Crippen LogP contribution in [0.25, 0.3) is 28.1 Å². The molecule has 0 aliphatic rings. The number of benzene rings is 2. The molecule has 8 heteroatoms. The Morgan fingerprint density at radius 3 is 2.54 bits per heavy atom. The predicted octanol–water partition coefficient (Wildman–Crippen LogP) is 3.55. The minimum atomic E-state index is -0.507. The maximum Gasteiger partial charge on any atom is 0.183 e. The average Bonchev–Trinajstić information content (AvgIpc) is 2.98. The molecule has 4 aromatic rings. The Balaban J connectivity index is 2.16. The second-order valence-electron chi connectivity index (χ2n) is 5.70. The molecule has 0 aliphatic heterocycles. The Morgan fingerprint density at radius 2 is 1.81 bits per heavy atom. The fraction of sp³-hybridized carbons (Fsp3) is 0.167. The van der Waals surface area contributed by atoms with Gasteiger partial charge in [0, 0.05) is 12.1 Å². The van der Waals surface area contributed by atoms with Crippen molar-refractivity contribution in [3.05, 3.63) is 47.7 Å². The summed E-state index contributed by atoms with van der Waals surface area (Å²) in [4.78, 5) is 4.43. The zero-order valence-electron chi connectivity index (χ0n) is 14.2. The standard InChI is InChI=1S/C18H14F2N4O2/c1-9-17-23-22-16-14(6-10(19)7-15(16)26-3)24(17)18(21-9)12-8-11(25-2)4-5-13(12)20/h4-8H,1-3H3. The van der Waals surface area contributed by atoms with Crippen LogP contribution < -0.4 is 9.47 Å². The first-order valence-electron chi connectivity index (χ1n) is 7.76. The van der Waals surface area contributed by atoms with E-state index in [9.17, 15) is 8.78 Å². The van der Waals surface area contributed by atoms with Crippen LogP contribution in [0.1, 0.15) is 5.69 Å². The predicted molar refractivity (Wildman–Crippen MR) is 91.5 cm³/mol. The molecule has 0 amide bonds. The van der Waals surface area contributed by atoms with E-state index < -0.39 is 11.6 Å². The molecule has 132 valence electrons. The molecule has 26 heavy (non-hydrogen) atoms. The lowest BCUT2D eigenvalue weighted by Gasteiger charge is -2.09. The molecule has 0 spiro atoms. The number of fused-ring (bicyclic) bond motifs is 3. The van der Waals surface area contributed by atoms with E-state index in [-0.39, 0.29) is 17.1 Å². The molecule has 2 heterocycles. The number of nitrogens with zero attached hydrogens (tertiary/aromatic N) is 4. The summed E-state index contributed by atoms with van der Waals surface area (Å²) in [7, 11) is 2.91. The van der Waals surface area contributed by atoms with Crippen molar-refractivity contribution in [3.63, 3.8) is 0 Å². The van der Waals surface area contributed by atoms with Gasteiger partial charge in [-0.05, 0) is 25.1 Å². The quantitative estimate of drug-likeness (QED) is 0.562. The first kappa shape index (κ1) is 16.2. The van der Waals surface area contributed by atoms with Crippen molar-refractivity contribution in [2.75, 3.05) is 14.2 Å². The summed E-state index contributed by atoms with van der Waals surface area (Å²) in [6, 6.07) is 6.86. The van der Waals surface area contributed by atoms with Crippen LogP contribution in [0.3, 0.4) is 0 Å². The van der Waals surface area contributed by atoms with Gasteiger partial charge in [0.1, 0.15) is 23.2 Å². The number of aromatic nitrogens is 4. The second kappa shape index (κ2) is 5.91. The summed E-state index contributed by atoms with van der Waals surface area (Å²) in [5, 5.41) is 8.28. The Bertz CT molecular complexity index is 1160. The number of imidazole rings is 1. The molecule has 2 aromatic carbocycles. The fourth-order valence-electron chi connectivity index (χ4n) is 2.93. The molecular weight excluding hydrogens is 342 g/mol. The smallest absolute Gasteiger partial charge is 0.183 e. The highest BCUT2D eigenvalue weighted by atomic mass is 19.1. The van der Waals surface area contributed by atoms with Crippen molar-refractivity contribution >= 4 is 16.7 Å². The number of ether oxygens (including phenoxy) is 2. The van der Waals surface area contributed by atoms with Crippen LogP contribution in [-0.4, -0.2) is 33.8 Å². The van der Waals surface area contributed by atoms with Crippen LogP contribution >= 0.6 is 0 Å². The molecule has 0 bridgehead atoms. The van der Waals surface area contributed by atoms with Gasteiger partial charge in [-0.25, -0.2) is 13.8 Å². The third-order valence-electron chi connectivity index (χ3n) is 4.16. The number of methoxy groups -OCH3 is 2. The SMILES string of the molecule is COc1ccc(F)c(-c2nc(C)c3nnc4c(OC)cc(F)cc4n23)c1. The van der Waals surface area contributed by atoms with E-state index in [4.69, 9.17) is 9.47 Å². The summed E-state index contributed by atoms with van der Waals surface area (Å²) in [5.41, 5.74) is 1.89. The van der Waals surface area contributed by atoms with Gasteiger partial charge in [-0.3, -0.25) is 4.40 Å². The molecule has 6 nitrogen and oxygen atoms in total. The van der Waals surface area contributed by atoms with Crippen LogP contribution in [0.15, 0.2) is 30.3 Å². The van der Waals surface area contributed by atoms with E-state index in [2.05, 4.69) is 15.2 Å². The van der Waals surface area contributed by atoms with Gasteiger partial charge in [-0.15, -0.1) is 10.2 Å². The van der Waals surface area contributed by atoms with Crippen molar-refractivity contribution in [2.24, 2.45) is 0 Å². The molecule has 0 saturated heterocycles. The molecule has 4 rings (SSSR count). The lowest BCUT2D eigenvalue weighted by Crippen LogP contribution is -2.01. The number of halogens is 2. The van der Waals surface area contributed by atoms with E-state index in [1.54, 1.807) is 11.3 Å². The van der Waals surface area contributed by atoms with Gasteiger partial charge in [-0.1, -0.05) is 0 Å². The van der Waals surface area contributed by atoms with Gasteiger partial charge in [0.15, 0.2) is 16.9 Å². The van der Waals surface area contributed by atoms with E-state index >= 15 is 0 Å². The maximum absolute atomic E-state index is 14.5. The molecule has 0 N–H and O–H groups in total. The Hall–Kier alpha value is -3.29. The lowest BCUT2D eigenvalue weighted by atomic mass is 10.2. The van der Waals surface area contributed by atoms with Gasteiger partial charge in [-0.2, -0.15) is 0 Å². The highest BCUT2D eigenvalue weighted by molar-refractivity contribution is 5.85. The number of hydrogen-bond acceptors (Lipinski definition) is 5. The van der Waals surface area contributed by atoms with E-state index in [1.165, 1.54) is 44.6 Å². The Labute approximate surface area is 147 Å². The topological polar surface area (TPSA) is 61.5 Å². The lowest BCUT2D eigenvalue weighted by molar-refractivity contribution is 0.414. The first-order chi connectivity index (χ1) is 12.5. The third-order valence-corrected chi connectivity index (χ3v) is 4.16. The molecule has 0 fully saturated rings. The highest BCUT2D eigenvalue weighted by Crippen LogP contribution is 2.32. The highest BCUT2D eigenvalue weighted by Gasteiger charge is 2.20. The Morgan fingerprint density at radius 1 is 1.00 bits per heavy atom. The molecule has 2 aromatic heterocycles. The normalized spacial score (nSPS) is 11.3. The summed E-state index contributed by atoms with van der Waals surface area (Å²) < 4.78 is 40.6. The first-order valence-corrected chi connectivity index (χ1v) is 7.76. The molecule has 0 radical (unpaired) electrons. The van der Waals surface area contributed by atoms with Gasteiger partial charge >= 0.3 is 0 Å². The number of hydrogen-bond donors (Lipinski definition) is 0. The van der Waals surface area contributed by atoms with Crippen molar-refractivity contribution in [2.45, 2.75) is 6.92 Å². The van der Waals surface area contributed by atoms with Gasteiger partial charge in [0.25, 0.3) is 0 Å². The second-order valence-corrected chi connectivity index (χ2v) is 5.70. The molecule has 0 atom stereocenters. The van der Waals surface area contributed by atoms with Crippen molar-refractivity contribution in [1.82, 2.24) is 19.6 Å². The maximum atomic E-state index is 14.5. The van der Waals surface area contributed by atoms with Gasteiger partial charge < -0.3 is 9.47 Å². The third kappa shape index (κ3) is 2.33. The molecule has 0 aliphatic carbocycles.